The summed E-state index contributed by atoms with van der Waals surface area (Å²) in [7, 11) is 1.87. The Bertz CT molecular complexity index is 1790. The second kappa shape index (κ2) is 14.3. The predicted molar refractivity (Wildman–Crippen MR) is 179 cm³/mol. The molecule has 3 aromatic carbocycles. The number of carbonyl (C=O) groups excluding carboxylic acids is 3. The minimum atomic E-state index is -1.29. The van der Waals surface area contributed by atoms with Gasteiger partial charge in [-0.05, 0) is 67.3 Å². The van der Waals surface area contributed by atoms with Crippen LogP contribution in [0.4, 0.5) is 4.79 Å². The van der Waals surface area contributed by atoms with Gasteiger partial charge in [0.15, 0.2) is 0 Å². The van der Waals surface area contributed by atoms with Gasteiger partial charge in [-0.15, -0.1) is 0 Å². The lowest BCUT2D eigenvalue weighted by molar-refractivity contribution is -0.155. The van der Waals surface area contributed by atoms with Crippen LogP contribution in [0, 0.1) is 18.8 Å². The Morgan fingerprint density at radius 2 is 1.71 bits per heavy atom. The van der Waals surface area contributed by atoms with Gasteiger partial charge in [0.05, 0.1) is 17.6 Å². The number of aliphatic carboxylic acids is 1. The molecule has 11 nitrogen and oxygen atoms in total. The Morgan fingerprint density at radius 3 is 2.46 bits per heavy atom. The summed E-state index contributed by atoms with van der Waals surface area (Å²) in [6.45, 7) is 2.72. The molecule has 2 aliphatic rings. The lowest BCUT2D eigenvalue weighted by atomic mass is 9.88. The lowest BCUT2D eigenvalue weighted by Gasteiger charge is -2.40. The molecule has 2 N–H and O–H groups in total. The van der Waals surface area contributed by atoms with Crippen molar-refractivity contribution in [3.05, 3.63) is 101 Å². The first-order valence-corrected chi connectivity index (χ1v) is 16.4. The van der Waals surface area contributed by atoms with Crippen LogP contribution in [0.3, 0.4) is 0 Å². The molecule has 0 bridgehead atoms. The average molecular weight is 652 g/mol. The molecule has 0 saturated carbocycles. The van der Waals surface area contributed by atoms with E-state index in [0.29, 0.717) is 19.3 Å². The van der Waals surface area contributed by atoms with Gasteiger partial charge in [0.2, 0.25) is 11.8 Å². The quantitative estimate of drug-likeness (QED) is 0.273. The van der Waals surface area contributed by atoms with E-state index in [0.717, 1.165) is 33.2 Å². The molecule has 3 heterocycles. The number of nitrogens with one attached hydrogen (secondary N) is 1. The Morgan fingerprint density at radius 1 is 0.958 bits per heavy atom. The van der Waals surface area contributed by atoms with Crippen LogP contribution in [0.25, 0.3) is 10.9 Å². The monoisotopic (exact) mass is 651 g/mol. The van der Waals surface area contributed by atoms with Gasteiger partial charge in [0, 0.05) is 32.1 Å². The third-order valence-corrected chi connectivity index (χ3v) is 9.54. The molecule has 2 fully saturated rings. The molecule has 0 spiro atoms. The number of benzene rings is 3. The molecule has 0 radical (unpaired) electrons. The summed E-state index contributed by atoms with van der Waals surface area (Å²) >= 11 is 0. The molecule has 0 aliphatic carbocycles. The zero-order valence-corrected chi connectivity index (χ0v) is 27.2. The number of fused-ring (bicyclic) bond motifs is 1. The third-order valence-electron chi connectivity index (χ3n) is 9.54. The summed E-state index contributed by atoms with van der Waals surface area (Å²) < 4.78 is 7.36. The van der Waals surface area contributed by atoms with Crippen LogP contribution in [-0.2, 0) is 45.7 Å². The predicted octanol–water partition coefficient (Wildman–Crippen LogP) is 4.46. The number of carboxylic acid groups (broad SMARTS) is 1. The summed E-state index contributed by atoms with van der Waals surface area (Å²) in [6.07, 6.45) is 2.75. The van der Waals surface area contributed by atoms with Gasteiger partial charge in [0.1, 0.15) is 18.7 Å². The van der Waals surface area contributed by atoms with E-state index >= 15 is 0 Å². The molecule has 48 heavy (non-hydrogen) atoms. The number of rotatable bonds is 9. The summed E-state index contributed by atoms with van der Waals surface area (Å²) in [5, 5.41) is 18.5. The maximum Gasteiger partial charge on any atom is 0.410 e. The number of amides is 3. The van der Waals surface area contributed by atoms with Crippen LogP contribution in [0.1, 0.15) is 41.5 Å². The van der Waals surface area contributed by atoms with E-state index in [1.807, 2.05) is 74.6 Å². The number of hydrogen-bond donors (Lipinski definition) is 2. The highest BCUT2D eigenvalue weighted by molar-refractivity contribution is 5.95. The van der Waals surface area contributed by atoms with E-state index < -0.39 is 36.0 Å². The Kier molecular flexibility index (Phi) is 9.75. The van der Waals surface area contributed by atoms with Gasteiger partial charge < -0.3 is 20.1 Å². The van der Waals surface area contributed by atoms with E-state index in [-0.39, 0.29) is 44.5 Å². The van der Waals surface area contributed by atoms with Crippen molar-refractivity contribution >= 4 is 34.8 Å². The number of piperidine rings is 1. The van der Waals surface area contributed by atoms with E-state index in [9.17, 15) is 24.3 Å². The fraction of sp³-hybridized carbons (Fsp3) is 0.378. The van der Waals surface area contributed by atoms with Crippen molar-refractivity contribution in [2.45, 2.75) is 57.8 Å². The highest BCUT2D eigenvalue weighted by atomic mass is 16.6. The highest BCUT2D eigenvalue weighted by Gasteiger charge is 2.49. The average Bonchev–Trinajstić information content (AvgIpc) is 3.69. The molecule has 2 saturated heterocycles. The zero-order valence-electron chi connectivity index (χ0n) is 27.2. The number of carbonyl (C=O) groups is 4. The van der Waals surface area contributed by atoms with E-state index in [1.54, 1.807) is 10.9 Å². The number of ether oxygens (including phenoxy) is 1. The second-order valence-electron chi connectivity index (χ2n) is 12.9. The maximum atomic E-state index is 14.5. The smallest absolute Gasteiger partial charge is 0.410 e. The van der Waals surface area contributed by atoms with Crippen molar-refractivity contribution in [3.63, 3.8) is 0 Å². The molecule has 4 aromatic rings. The number of nitrogens with zero attached hydrogens (tertiary/aromatic N) is 4. The van der Waals surface area contributed by atoms with Crippen LogP contribution in [0.5, 0.6) is 0 Å². The lowest BCUT2D eigenvalue weighted by Crippen LogP contribution is -2.60. The van der Waals surface area contributed by atoms with Gasteiger partial charge in [-0.2, -0.15) is 5.10 Å². The SMILES string of the molecule is Cc1ccc(C[C@@H]2C[C@@H](C(=O)NCc3ccc4c(cnn4C)c3)N(C(=O)[C@H]3[C@@H](C(=O)O)CCCN3C(=O)OCc3ccccc3)C2)cc1. The maximum absolute atomic E-state index is 14.5. The fourth-order valence-corrected chi connectivity index (χ4v) is 6.99. The molecule has 250 valence electrons. The van der Waals surface area contributed by atoms with Crippen molar-refractivity contribution in [3.8, 4) is 0 Å². The van der Waals surface area contributed by atoms with Crippen LogP contribution in [0.15, 0.2) is 79.0 Å². The van der Waals surface area contributed by atoms with Crippen LogP contribution < -0.4 is 5.32 Å². The van der Waals surface area contributed by atoms with E-state index in [1.165, 1.54) is 9.80 Å². The Labute approximate surface area is 279 Å². The highest BCUT2D eigenvalue weighted by Crippen LogP contribution is 2.33. The van der Waals surface area contributed by atoms with Crippen LogP contribution in [-0.4, -0.2) is 73.7 Å². The summed E-state index contributed by atoms with van der Waals surface area (Å²) in [5.41, 5.74) is 4.87. The molecule has 4 atom stereocenters. The first-order valence-electron chi connectivity index (χ1n) is 16.4. The van der Waals surface area contributed by atoms with Crippen molar-refractivity contribution < 1.29 is 29.0 Å². The van der Waals surface area contributed by atoms with Crippen LogP contribution >= 0.6 is 0 Å². The minimum absolute atomic E-state index is 0.00692. The van der Waals surface area contributed by atoms with Gasteiger partial charge in [-0.3, -0.25) is 24.0 Å². The summed E-state index contributed by atoms with van der Waals surface area (Å²) in [4.78, 5) is 57.1. The number of carboxylic acids is 1. The van der Waals surface area contributed by atoms with Gasteiger partial charge in [-0.1, -0.05) is 66.2 Å². The molecule has 2 aliphatic heterocycles. The topological polar surface area (TPSA) is 134 Å². The molecular formula is C37H41N5O6. The van der Waals surface area contributed by atoms with Crippen molar-refractivity contribution in [2.75, 3.05) is 13.1 Å². The molecule has 1 aromatic heterocycles. The standard InChI is InChI=1S/C37H41N5O6/c1-24-10-12-25(13-11-24)17-28-19-32(34(43)38-20-27-14-15-31-29(18-27)21-39-40(31)2)42(22-28)35(44)33-30(36(45)46)9-6-16-41(33)37(47)48-23-26-7-4-3-5-8-26/h3-5,7-8,10-15,18,21,28,30,32-33H,6,9,16-17,19-20,22-23H2,1-2H3,(H,38,43)(H,45,46)/t28-,30+,32+,33-/m1/s1. The Hall–Kier alpha value is -5.19. The van der Waals surface area contributed by atoms with Gasteiger partial charge >= 0.3 is 12.1 Å². The number of likely N-dealkylation sites (tertiary alicyclic amines) is 2. The fourth-order valence-electron chi connectivity index (χ4n) is 6.99. The first kappa shape index (κ1) is 32.7. The zero-order chi connectivity index (χ0) is 33.8. The van der Waals surface area contributed by atoms with Crippen molar-refractivity contribution in [1.82, 2.24) is 24.9 Å². The number of aryl methyl sites for hydroxylation is 2. The van der Waals surface area contributed by atoms with E-state index in [4.69, 9.17) is 4.74 Å². The molecule has 0 unspecified atom stereocenters. The molecule has 11 heteroatoms. The summed E-state index contributed by atoms with van der Waals surface area (Å²) in [5.74, 6) is -3.17. The number of aromatic nitrogens is 2. The molecular weight excluding hydrogens is 610 g/mol. The minimum Gasteiger partial charge on any atom is -0.481 e. The second-order valence-corrected chi connectivity index (χ2v) is 12.9. The first-order chi connectivity index (χ1) is 23.2. The summed E-state index contributed by atoms with van der Waals surface area (Å²) in [6, 6.07) is 21.1. The van der Waals surface area contributed by atoms with E-state index in [2.05, 4.69) is 22.5 Å². The van der Waals surface area contributed by atoms with Gasteiger partial charge in [-0.25, -0.2) is 4.79 Å². The largest absolute Gasteiger partial charge is 0.481 e. The number of hydrogen-bond acceptors (Lipinski definition) is 6. The van der Waals surface area contributed by atoms with Gasteiger partial charge in [0.25, 0.3) is 0 Å². The normalized spacial score (nSPS) is 20.9. The molecule has 3 amide bonds. The van der Waals surface area contributed by atoms with Crippen molar-refractivity contribution in [1.29, 1.82) is 0 Å². The third kappa shape index (κ3) is 7.20. The van der Waals surface area contributed by atoms with Crippen molar-refractivity contribution in [2.24, 2.45) is 18.9 Å². The van der Waals surface area contributed by atoms with Crippen LogP contribution in [0.2, 0.25) is 0 Å². The molecule has 6 rings (SSSR count). The Balaban J connectivity index is 1.23.